The Balaban J connectivity index is 2.39. The molecular weight excluding hydrogens is 200 g/mol. The number of nitrogens with one attached hydrogen (secondary N) is 1. The van der Waals surface area contributed by atoms with Crippen LogP contribution < -0.4 is 5.32 Å². The quantitative estimate of drug-likeness (QED) is 0.786. The zero-order valence-corrected chi connectivity index (χ0v) is 8.26. The maximum absolute atomic E-state index is 13.1. The van der Waals surface area contributed by atoms with E-state index >= 15 is 0 Å². The fraction of sp³-hybridized carbons (Fsp3) is 0.455. The summed E-state index contributed by atoms with van der Waals surface area (Å²) in [5, 5.41) is 12.3. The van der Waals surface area contributed by atoms with Crippen LogP contribution in [0.4, 0.5) is 8.78 Å². The van der Waals surface area contributed by atoms with Gasteiger partial charge in [0.05, 0.1) is 6.61 Å². The van der Waals surface area contributed by atoms with Crippen LogP contribution in [0, 0.1) is 11.6 Å². The molecule has 1 aliphatic heterocycles. The van der Waals surface area contributed by atoms with Crippen molar-refractivity contribution in [3.8, 4) is 0 Å². The third kappa shape index (κ3) is 2.01. The maximum atomic E-state index is 13.1. The van der Waals surface area contributed by atoms with Crippen LogP contribution in [0.25, 0.3) is 0 Å². The van der Waals surface area contributed by atoms with E-state index in [1.54, 1.807) is 0 Å². The van der Waals surface area contributed by atoms with Crippen molar-refractivity contribution in [1.82, 2.24) is 5.32 Å². The van der Waals surface area contributed by atoms with E-state index in [1.807, 2.05) is 0 Å². The number of aliphatic hydroxyl groups is 1. The highest BCUT2D eigenvalue weighted by Crippen LogP contribution is 2.27. The molecule has 1 fully saturated rings. The predicted molar refractivity (Wildman–Crippen MR) is 52.3 cm³/mol. The summed E-state index contributed by atoms with van der Waals surface area (Å²) in [7, 11) is 0. The van der Waals surface area contributed by atoms with Crippen LogP contribution in [0.1, 0.15) is 30.0 Å². The second-order valence-electron chi connectivity index (χ2n) is 3.77. The molecule has 2 nitrogen and oxygen atoms in total. The number of hydrogen-bond acceptors (Lipinski definition) is 2. The second-order valence-corrected chi connectivity index (χ2v) is 3.77. The summed E-state index contributed by atoms with van der Waals surface area (Å²) in [5.74, 6) is -1.75. The average molecular weight is 213 g/mol. The molecule has 0 aliphatic carbocycles. The van der Waals surface area contributed by atoms with Gasteiger partial charge in [-0.3, -0.25) is 0 Å². The van der Waals surface area contributed by atoms with Crippen molar-refractivity contribution in [3.05, 3.63) is 34.9 Å². The van der Waals surface area contributed by atoms with Crippen molar-refractivity contribution >= 4 is 0 Å². The Bertz CT molecular complexity index is 362. The molecular formula is C11H13F2NO. The fourth-order valence-electron chi connectivity index (χ4n) is 2.01. The lowest BCUT2D eigenvalue weighted by Gasteiger charge is -2.15. The normalized spacial score (nSPS) is 20.9. The molecule has 1 atom stereocenters. The van der Waals surface area contributed by atoms with Gasteiger partial charge in [0.25, 0.3) is 0 Å². The largest absolute Gasteiger partial charge is 0.392 e. The topological polar surface area (TPSA) is 32.3 Å². The smallest absolute Gasteiger partial charge is 0.159 e. The molecule has 2 rings (SSSR count). The standard InChI is InChI=1S/C11H13F2NO/c12-9-4-7(6-15)8(5-10(9)13)11-2-1-3-14-11/h4-5,11,14-15H,1-3,6H2. The summed E-state index contributed by atoms with van der Waals surface area (Å²) in [4.78, 5) is 0. The van der Waals surface area contributed by atoms with E-state index < -0.39 is 11.6 Å². The molecule has 0 spiro atoms. The lowest BCUT2D eigenvalue weighted by molar-refractivity contribution is 0.278. The first-order chi connectivity index (χ1) is 7.22. The number of benzene rings is 1. The van der Waals surface area contributed by atoms with Gasteiger partial charge >= 0.3 is 0 Å². The Labute approximate surface area is 86.9 Å². The van der Waals surface area contributed by atoms with Crippen molar-refractivity contribution in [3.63, 3.8) is 0 Å². The van der Waals surface area contributed by atoms with Gasteiger partial charge in [-0.15, -0.1) is 0 Å². The third-order valence-electron chi connectivity index (χ3n) is 2.79. The Morgan fingerprint density at radius 3 is 2.67 bits per heavy atom. The molecule has 15 heavy (non-hydrogen) atoms. The first-order valence-electron chi connectivity index (χ1n) is 5.04. The van der Waals surface area contributed by atoms with E-state index in [-0.39, 0.29) is 12.6 Å². The molecule has 82 valence electrons. The number of hydrogen-bond donors (Lipinski definition) is 2. The molecule has 0 saturated carbocycles. The summed E-state index contributed by atoms with van der Waals surface area (Å²) in [6, 6.07) is 2.30. The first-order valence-corrected chi connectivity index (χ1v) is 5.04. The molecule has 1 aromatic rings. The van der Waals surface area contributed by atoms with Crippen molar-refractivity contribution < 1.29 is 13.9 Å². The molecule has 0 amide bonds. The van der Waals surface area contributed by atoms with E-state index in [0.29, 0.717) is 11.1 Å². The van der Waals surface area contributed by atoms with Gasteiger partial charge in [0.15, 0.2) is 11.6 Å². The Morgan fingerprint density at radius 1 is 1.33 bits per heavy atom. The van der Waals surface area contributed by atoms with E-state index in [0.717, 1.165) is 25.5 Å². The van der Waals surface area contributed by atoms with Crippen molar-refractivity contribution in [2.75, 3.05) is 6.54 Å². The number of halogens is 2. The van der Waals surface area contributed by atoms with Crippen LogP contribution >= 0.6 is 0 Å². The zero-order chi connectivity index (χ0) is 10.8. The fourth-order valence-corrected chi connectivity index (χ4v) is 2.01. The van der Waals surface area contributed by atoms with Gasteiger partial charge in [0, 0.05) is 6.04 Å². The zero-order valence-electron chi connectivity index (χ0n) is 8.26. The van der Waals surface area contributed by atoms with Gasteiger partial charge in [-0.2, -0.15) is 0 Å². The molecule has 4 heteroatoms. The monoisotopic (exact) mass is 213 g/mol. The van der Waals surface area contributed by atoms with Gasteiger partial charge in [0.2, 0.25) is 0 Å². The molecule has 1 saturated heterocycles. The number of rotatable bonds is 2. The molecule has 1 aliphatic rings. The van der Waals surface area contributed by atoms with E-state index in [9.17, 15) is 8.78 Å². The molecule has 1 heterocycles. The van der Waals surface area contributed by atoms with E-state index in [4.69, 9.17) is 5.11 Å². The Kier molecular flexibility index (Phi) is 2.98. The van der Waals surface area contributed by atoms with E-state index in [2.05, 4.69) is 5.32 Å². The lowest BCUT2D eigenvalue weighted by Crippen LogP contribution is -2.15. The Morgan fingerprint density at radius 2 is 2.07 bits per heavy atom. The molecule has 0 radical (unpaired) electrons. The minimum Gasteiger partial charge on any atom is -0.392 e. The lowest BCUT2D eigenvalue weighted by atomic mass is 9.99. The minimum atomic E-state index is -0.902. The van der Waals surface area contributed by atoms with Crippen LogP contribution in [0.3, 0.4) is 0 Å². The highest BCUT2D eigenvalue weighted by Gasteiger charge is 2.20. The summed E-state index contributed by atoms with van der Waals surface area (Å²) < 4.78 is 26.0. The van der Waals surface area contributed by atoms with Crippen molar-refractivity contribution in [2.45, 2.75) is 25.5 Å². The SMILES string of the molecule is OCc1cc(F)c(F)cc1C1CCCN1. The van der Waals surface area contributed by atoms with Crippen LogP contribution in [-0.4, -0.2) is 11.7 Å². The maximum Gasteiger partial charge on any atom is 0.159 e. The van der Waals surface area contributed by atoms with Gasteiger partial charge in [0.1, 0.15) is 0 Å². The first kappa shape index (κ1) is 10.5. The molecule has 0 bridgehead atoms. The van der Waals surface area contributed by atoms with Crippen LogP contribution in [0.5, 0.6) is 0 Å². The van der Waals surface area contributed by atoms with Gasteiger partial charge < -0.3 is 10.4 Å². The highest BCUT2D eigenvalue weighted by atomic mass is 19.2. The molecule has 1 unspecified atom stereocenters. The van der Waals surface area contributed by atoms with Gasteiger partial charge in [-0.25, -0.2) is 8.78 Å². The summed E-state index contributed by atoms with van der Waals surface area (Å²) in [6.07, 6.45) is 1.92. The van der Waals surface area contributed by atoms with Crippen LogP contribution in [0.15, 0.2) is 12.1 Å². The van der Waals surface area contributed by atoms with Gasteiger partial charge in [-0.05, 0) is 42.6 Å². The van der Waals surface area contributed by atoms with Crippen LogP contribution in [0.2, 0.25) is 0 Å². The molecule has 1 aromatic carbocycles. The van der Waals surface area contributed by atoms with Crippen molar-refractivity contribution in [1.29, 1.82) is 0 Å². The average Bonchev–Trinajstić information content (AvgIpc) is 2.74. The second kappa shape index (κ2) is 4.24. The molecule has 2 N–H and O–H groups in total. The Hall–Kier alpha value is -1.00. The predicted octanol–water partition coefficient (Wildman–Crippen LogP) is 1.88. The summed E-state index contributed by atoms with van der Waals surface area (Å²) in [5.41, 5.74) is 1.14. The summed E-state index contributed by atoms with van der Waals surface area (Å²) >= 11 is 0. The highest BCUT2D eigenvalue weighted by molar-refractivity contribution is 5.31. The van der Waals surface area contributed by atoms with Gasteiger partial charge in [-0.1, -0.05) is 0 Å². The third-order valence-corrected chi connectivity index (χ3v) is 2.79. The number of aliphatic hydroxyl groups excluding tert-OH is 1. The minimum absolute atomic E-state index is 0.0437. The van der Waals surface area contributed by atoms with Crippen LogP contribution in [-0.2, 0) is 6.61 Å². The molecule has 0 aromatic heterocycles. The summed E-state index contributed by atoms with van der Waals surface area (Å²) in [6.45, 7) is 0.624. The van der Waals surface area contributed by atoms with E-state index in [1.165, 1.54) is 6.07 Å². The van der Waals surface area contributed by atoms with Crippen molar-refractivity contribution in [2.24, 2.45) is 0 Å².